The monoisotopic (exact) mass is 164 g/mol. The van der Waals surface area contributed by atoms with E-state index in [4.69, 9.17) is 0 Å². The molecule has 1 heterocycles. The largest absolute Gasteiger partial charge is 0.344 e. The summed E-state index contributed by atoms with van der Waals surface area (Å²) < 4.78 is 0. The fourth-order valence-corrected chi connectivity index (χ4v) is 1.62. The molecule has 0 spiro atoms. The summed E-state index contributed by atoms with van der Waals surface area (Å²) in [5.41, 5.74) is 3.05. The van der Waals surface area contributed by atoms with Gasteiger partial charge in [0.1, 0.15) is 0 Å². The standard InChI is InChI=1S/C10H13N.H3N/c1-2-4-10-6-8-11-7-5-9(10)3-1;/h1-4,11H,5-8H2;1H3. The molecule has 2 rings (SSSR count). The molecule has 1 aromatic rings. The Hall–Kier alpha value is -0.860. The van der Waals surface area contributed by atoms with E-state index < -0.39 is 0 Å². The first kappa shape index (κ1) is 9.23. The second-order valence-electron chi connectivity index (χ2n) is 3.02. The highest BCUT2D eigenvalue weighted by atomic mass is 14.8. The van der Waals surface area contributed by atoms with Crippen LogP contribution in [0.3, 0.4) is 0 Å². The summed E-state index contributed by atoms with van der Waals surface area (Å²) >= 11 is 0. The van der Waals surface area contributed by atoms with Gasteiger partial charge in [-0.15, -0.1) is 0 Å². The van der Waals surface area contributed by atoms with Crippen LogP contribution in [0.5, 0.6) is 0 Å². The van der Waals surface area contributed by atoms with Gasteiger partial charge in [0.15, 0.2) is 0 Å². The zero-order chi connectivity index (χ0) is 7.52. The molecule has 0 saturated carbocycles. The number of hydrogen-bond donors (Lipinski definition) is 2. The predicted octanol–water partition coefficient (Wildman–Crippen LogP) is 1.54. The van der Waals surface area contributed by atoms with Crippen LogP contribution in [-0.4, -0.2) is 13.1 Å². The highest BCUT2D eigenvalue weighted by molar-refractivity contribution is 5.28. The van der Waals surface area contributed by atoms with Crippen LogP contribution in [-0.2, 0) is 12.8 Å². The molecule has 0 fully saturated rings. The zero-order valence-electron chi connectivity index (χ0n) is 7.34. The quantitative estimate of drug-likeness (QED) is 0.611. The van der Waals surface area contributed by atoms with Crippen molar-refractivity contribution in [1.29, 1.82) is 0 Å². The Bertz CT molecular complexity index is 220. The van der Waals surface area contributed by atoms with Gasteiger partial charge in [-0.2, -0.15) is 0 Å². The van der Waals surface area contributed by atoms with Crippen molar-refractivity contribution in [3.8, 4) is 0 Å². The van der Waals surface area contributed by atoms with Crippen LogP contribution < -0.4 is 11.5 Å². The van der Waals surface area contributed by atoms with Gasteiger partial charge in [0, 0.05) is 0 Å². The van der Waals surface area contributed by atoms with Crippen molar-refractivity contribution in [2.75, 3.05) is 13.1 Å². The van der Waals surface area contributed by atoms with Crippen LogP contribution in [0, 0.1) is 0 Å². The van der Waals surface area contributed by atoms with E-state index in [0.29, 0.717) is 0 Å². The van der Waals surface area contributed by atoms with Crippen molar-refractivity contribution in [2.24, 2.45) is 0 Å². The van der Waals surface area contributed by atoms with Crippen molar-refractivity contribution in [2.45, 2.75) is 12.8 Å². The zero-order valence-corrected chi connectivity index (χ0v) is 7.34. The molecule has 1 aliphatic rings. The lowest BCUT2D eigenvalue weighted by Gasteiger charge is -2.01. The first-order valence-electron chi connectivity index (χ1n) is 4.24. The number of hydrogen-bond acceptors (Lipinski definition) is 2. The Morgan fingerprint density at radius 1 is 0.917 bits per heavy atom. The Kier molecular flexibility index (Phi) is 3.26. The molecule has 0 atom stereocenters. The van der Waals surface area contributed by atoms with E-state index in [2.05, 4.69) is 29.6 Å². The molecule has 1 aromatic carbocycles. The number of rotatable bonds is 0. The van der Waals surface area contributed by atoms with Crippen molar-refractivity contribution >= 4 is 0 Å². The van der Waals surface area contributed by atoms with Crippen LogP contribution in [0.1, 0.15) is 11.1 Å². The normalized spacial score (nSPS) is 15.7. The van der Waals surface area contributed by atoms with Crippen molar-refractivity contribution in [3.63, 3.8) is 0 Å². The molecule has 66 valence electrons. The minimum absolute atomic E-state index is 0. The molecule has 2 heteroatoms. The average Bonchev–Trinajstić information content (AvgIpc) is 2.28. The summed E-state index contributed by atoms with van der Waals surface area (Å²) in [7, 11) is 0. The van der Waals surface area contributed by atoms with Crippen molar-refractivity contribution in [1.82, 2.24) is 11.5 Å². The Morgan fingerprint density at radius 2 is 1.42 bits per heavy atom. The molecular weight excluding hydrogens is 148 g/mol. The van der Waals surface area contributed by atoms with Gasteiger partial charge in [0.25, 0.3) is 0 Å². The average molecular weight is 164 g/mol. The molecule has 4 N–H and O–H groups in total. The summed E-state index contributed by atoms with van der Waals surface area (Å²) in [5, 5.41) is 3.39. The Balaban J connectivity index is 0.000000720. The summed E-state index contributed by atoms with van der Waals surface area (Å²) in [6, 6.07) is 8.74. The fraction of sp³-hybridized carbons (Fsp3) is 0.400. The molecule has 0 unspecified atom stereocenters. The van der Waals surface area contributed by atoms with Crippen LogP contribution in [0.4, 0.5) is 0 Å². The summed E-state index contributed by atoms with van der Waals surface area (Å²) in [6.07, 6.45) is 2.38. The first-order valence-corrected chi connectivity index (χ1v) is 4.24. The van der Waals surface area contributed by atoms with Gasteiger partial charge in [-0.25, -0.2) is 0 Å². The van der Waals surface area contributed by atoms with E-state index in [1.807, 2.05) is 0 Å². The number of nitrogens with one attached hydrogen (secondary N) is 1. The highest BCUT2D eigenvalue weighted by Crippen LogP contribution is 2.11. The smallest absolute Gasteiger partial charge is 0.000812 e. The minimum atomic E-state index is 0. The molecule has 0 saturated heterocycles. The minimum Gasteiger partial charge on any atom is -0.344 e. The van der Waals surface area contributed by atoms with E-state index in [0.717, 1.165) is 13.1 Å². The van der Waals surface area contributed by atoms with Gasteiger partial charge >= 0.3 is 0 Å². The van der Waals surface area contributed by atoms with Gasteiger partial charge in [-0.05, 0) is 37.1 Å². The molecule has 12 heavy (non-hydrogen) atoms. The van der Waals surface area contributed by atoms with Crippen LogP contribution >= 0.6 is 0 Å². The van der Waals surface area contributed by atoms with Crippen LogP contribution in [0.15, 0.2) is 24.3 Å². The molecule has 2 nitrogen and oxygen atoms in total. The SMILES string of the molecule is N.c1ccc2c(c1)CCNCC2. The van der Waals surface area contributed by atoms with E-state index >= 15 is 0 Å². The maximum absolute atomic E-state index is 3.39. The molecular formula is C10H16N2. The molecule has 0 aliphatic carbocycles. The van der Waals surface area contributed by atoms with E-state index in [1.54, 1.807) is 0 Å². The Morgan fingerprint density at radius 3 is 1.92 bits per heavy atom. The lowest BCUT2D eigenvalue weighted by atomic mass is 10.0. The fourth-order valence-electron chi connectivity index (χ4n) is 1.62. The second kappa shape index (κ2) is 4.24. The maximum atomic E-state index is 3.39. The van der Waals surface area contributed by atoms with Crippen molar-refractivity contribution in [3.05, 3.63) is 35.4 Å². The van der Waals surface area contributed by atoms with Crippen LogP contribution in [0.25, 0.3) is 0 Å². The second-order valence-corrected chi connectivity index (χ2v) is 3.02. The highest BCUT2D eigenvalue weighted by Gasteiger charge is 2.04. The molecule has 0 amide bonds. The third kappa shape index (κ3) is 1.84. The van der Waals surface area contributed by atoms with Gasteiger partial charge in [-0.3, -0.25) is 0 Å². The topological polar surface area (TPSA) is 47.0 Å². The first-order chi connectivity index (χ1) is 5.47. The van der Waals surface area contributed by atoms with Gasteiger partial charge < -0.3 is 11.5 Å². The lowest BCUT2D eigenvalue weighted by molar-refractivity contribution is 0.711. The summed E-state index contributed by atoms with van der Waals surface area (Å²) in [5.74, 6) is 0. The van der Waals surface area contributed by atoms with Gasteiger partial charge in [0.05, 0.1) is 0 Å². The molecule has 0 radical (unpaired) electrons. The third-order valence-corrected chi connectivity index (χ3v) is 2.26. The van der Waals surface area contributed by atoms with Gasteiger partial charge in [-0.1, -0.05) is 24.3 Å². The Labute approximate surface area is 73.6 Å². The number of benzene rings is 1. The summed E-state index contributed by atoms with van der Waals surface area (Å²) in [4.78, 5) is 0. The molecule has 1 aliphatic heterocycles. The van der Waals surface area contributed by atoms with Gasteiger partial charge in [0.2, 0.25) is 0 Å². The lowest BCUT2D eigenvalue weighted by Crippen LogP contribution is -2.16. The number of fused-ring (bicyclic) bond motifs is 1. The van der Waals surface area contributed by atoms with E-state index in [-0.39, 0.29) is 6.15 Å². The maximum Gasteiger partial charge on any atom is -0.000812 e. The molecule has 0 bridgehead atoms. The van der Waals surface area contributed by atoms with Crippen LogP contribution in [0.2, 0.25) is 0 Å². The van der Waals surface area contributed by atoms with E-state index in [1.165, 1.54) is 24.0 Å². The van der Waals surface area contributed by atoms with E-state index in [9.17, 15) is 0 Å². The predicted molar refractivity (Wildman–Crippen MR) is 51.7 cm³/mol. The summed E-state index contributed by atoms with van der Waals surface area (Å²) in [6.45, 7) is 2.27. The van der Waals surface area contributed by atoms with Crippen molar-refractivity contribution < 1.29 is 0 Å². The molecule has 0 aromatic heterocycles. The third-order valence-electron chi connectivity index (χ3n) is 2.26.